The van der Waals surface area contributed by atoms with Gasteiger partial charge < -0.3 is 29.7 Å². The number of aliphatic hydroxyl groups excluding tert-OH is 2. The Morgan fingerprint density at radius 2 is 1.79 bits per heavy atom. The molecule has 0 aliphatic rings. The monoisotopic (exact) mass is 632 g/mol. The van der Waals surface area contributed by atoms with Crippen LogP contribution in [0.15, 0.2) is 91.1 Å². The highest BCUT2D eigenvalue weighted by atomic mass is 16.5. The van der Waals surface area contributed by atoms with Crippen LogP contribution >= 0.6 is 0 Å². The minimum atomic E-state index is -0.188. The maximum atomic E-state index is 12.4. The molecule has 4 aromatic carbocycles. The van der Waals surface area contributed by atoms with Gasteiger partial charge in [-0.1, -0.05) is 24.3 Å². The lowest BCUT2D eigenvalue weighted by Crippen LogP contribution is -2.29. The summed E-state index contributed by atoms with van der Waals surface area (Å²) in [5.74, 6) is 1.71. The van der Waals surface area contributed by atoms with Crippen molar-refractivity contribution in [3.8, 4) is 17.1 Å². The Hall–Kier alpha value is -5.03. The summed E-state index contributed by atoms with van der Waals surface area (Å²) < 4.78 is 7.70. The van der Waals surface area contributed by atoms with Crippen molar-refractivity contribution in [3.05, 3.63) is 108 Å². The van der Waals surface area contributed by atoms with Gasteiger partial charge in [0.25, 0.3) is 0 Å². The van der Waals surface area contributed by atoms with Crippen LogP contribution in [-0.2, 0) is 17.9 Å². The first-order valence-electron chi connectivity index (χ1n) is 15.8. The lowest BCUT2D eigenvalue weighted by Gasteiger charge is -2.23. The van der Waals surface area contributed by atoms with Crippen molar-refractivity contribution in [2.24, 2.45) is 0 Å². The molecular formula is C37H40N6O4. The summed E-state index contributed by atoms with van der Waals surface area (Å²) in [5.41, 5.74) is 7.84. The fraction of sp³-hybridized carbons (Fsp3) is 0.270. The van der Waals surface area contributed by atoms with E-state index in [-0.39, 0.29) is 25.0 Å². The fourth-order valence-electron chi connectivity index (χ4n) is 6.07. The number of benzene rings is 4. The molecule has 0 saturated carbocycles. The van der Waals surface area contributed by atoms with Gasteiger partial charge in [-0.05, 0) is 84.3 Å². The smallest absolute Gasteiger partial charge is 0.141 e. The summed E-state index contributed by atoms with van der Waals surface area (Å²) in [6.45, 7) is 3.67. The number of Topliss-reactive ketones (excluding diaryl/α,β-unsaturated/α-hetero) is 1. The van der Waals surface area contributed by atoms with Gasteiger partial charge in [-0.25, -0.2) is 4.98 Å². The number of rotatable bonds is 15. The number of hydrogen-bond acceptors (Lipinski definition) is 8. The van der Waals surface area contributed by atoms with Crippen molar-refractivity contribution in [2.45, 2.75) is 32.5 Å². The average Bonchev–Trinajstić information content (AvgIpc) is 3.70. The molecule has 1 atom stereocenters. The van der Waals surface area contributed by atoms with E-state index < -0.39 is 0 Å². The third-order valence-electron chi connectivity index (χ3n) is 8.43. The van der Waals surface area contributed by atoms with Crippen molar-refractivity contribution in [1.29, 1.82) is 0 Å². The number of nitrogens with zero attached hydrogens (tertiary/aromatic N) is 4. The molecule has 0 aliphatic heterocycles. The Balaban J connectivity index is 1.36. The number of aromatic amines is 1. The summed E-state index contributed by atoms with van der Waals surface area (Å²) in [6, 6.07) is 28.3. The topological polar surface area (TPSA) is 129 Å². The number of ether oxygens (including phenoxy) is 1. The third kappa shape index (κ3) is 7.36. The molecule has 4 N–H and O–H groups in total. The highest BCUT2D eigenvalue weighted by Gasteiger charge is 2.19. The van der Waals surface area contributed by atoms with Crippen molar-refractivity contribution >= 4 is 33.4 Å². The second-order valence-electron chi connectivity index (χ2n) is 11.7. The standard InChI is InChI=1S/C37H40N6O4/c1-25(46)18-34(38-22-26-6-12-33-30(19-26)23-39-41-33)29-9-13-36-35(21-29)40-37(43(36)24-27-4-3-5-32(20-27)47-2)28-7-10-31(11-8-28)42(14-16-44)15-17-45/h3-13,19-21,23,34,38,44-45H,14-18,22,24H2,1-2H3,(H,39,41). The fourth-order valence-corrected chi connectivity index (χ4v) is 6.07. The Morgan fingerprint density at radius 3 is 2.53 bits per heavy atom. The SMILES string of the molecule is COc1cccc(Cn2c(-c3ccc(N(CCO)CCO)cc3)nc3cc(C(CC(C)=O)NCc4ccc5[nH]ncc5c4)ccc32)c1. The maximum Gasteiger partial charge on any atom is 0.141 e. The first kappa shape index (κ1) is 31.9. The number of nitrogens with one attached hydrogen (secondary N) is 2. The zero-order valence-corrected chi connectivity index (χ0v) is 26.7. The Kier molecular flexibility index (Phi) is 9.92. The molecular weight excluding hydrogens is 592 g/mol. The number of carbonyl (C=O) groups is 1. The van der Waals surface area contributed by atoms with Crippen LogP contribution in [0.1, 0.15) is 36.1 Å². The number of methoxy groups -OCH3 is 1. The lowest BCUT2D eigenvalue weighted by molar-refractivity contribution is -0.117. The molecule has 0 amide bonds. The molecule has 0 bridgehead atoms. The van der Waals surface area contributed by atoms with Crippen LogP contribution in [0, 0.1) is 0 Å². The van der Waals surface area contributed by atoms with E-state index in [1.165, 1.54) is 0 Å². The molecule has 0 saturated heterocycles. The van der Waals surface area contributed by atoms with Crippen LogP contribution in [0.4, 0.5) is 5.69 Å². The summed E-state index contributed by atoms with van der Waals surface area (Å²) >= 11 is 0. The molecule has 10 nitrogen and oxygen atoms in total. The van der Waals surface area contributed by atoms with E-state index in [1.54, 1.807) is 14.0 Å². The van der Waals surface area contributed by atoms with Gasteiger partial charge in [0.05, 0.1) is 43.1 Å². The molecule has 0 fully saturated rings. The molecule has 1 unspecified atom stereocenters. The van der Waals surface area contributed by atoms with Crippen molar-refractivity contribution in [3.63, 3.8) is 0 Å². The quantitative estimate of drug-likeness (QED) is 0.121. The minimum absolute atomic E-state index is 0.000478. The minimum Gasteiger partial charge on any atom is -0.497 e. The van der Waals surface area contributed by atoms with E-state index in [2.05, 4.69) is 56.5 Å². The number of H-pyrrole nitrogens is 1. The largest absolute Gasteiger partial charge is 0.497 e. The number of anilines is 1. The Bertz CT molecular complexity index is 1960. The summed E-state index contributed by atoms with van der Waals surface area (Å²) in [4.78, 5) is 19.5. The number of aliphatic hydroxyl groups is 2. The van der Waals surface area contributed by atoms with Gasteiger partial charge in [0.15, 0.2) is 0 Å². The number of aromatic nitrogens is 4. The summed E-state index contributed by atoms with van der Waals surface area (Å²) in [6.07, 6.45) is 2.17. The highest BCUT2D eigenvalue weighted by Crippen LogP contribution is 2.31. The van der Waals surface area contributed by atoms with Gasteiger partial charge in [0.1, 0.15) is 17.4 Å². The Labute approximate surface area is 273 Å². The number of imidazole rings is 1. The van der Waals surface area contributed by atoms with Crippen LogP contribution < -0.4 is 15.0 Å². The molecule has 6 aromatic rings. The molecule has 242 valence electrons. The van der Waals surface area contributed by atoms with Crippen molar-refractivity contribution in [2.75, 3.05) is 38.3 Å². The predicted molar refractivity (Wildman–Crippen MR) is 185 cm³/mol. The zero-order valence-electron chi connectivity index (χ0n) is 26.7. The van der Waals surface area contributed by atoms with Crippen LogP contribution in [0.25, 0.3) is 33.3 Å². The van der Waals surface area contributed by atoms with Gasteiger partial charge in [0.2, 0.25) is 0 Å². The first-order chi connectivity index (χ1) is 22.9. The molecule has 47 heavy (non-hydrogen) atoms. The van der Waals surface area contributed by atoms with Gasteiger partial charge in [-0.2, -0.15) is 5.10 Å². The summed E-state index contributed by atoms with van der Waals surface area (Å²) in [5, 5.41) is 30.8. The average molecular weight is 633 g/mol. The van der Waals surface area contributed by atoms with Gasteiger partial charge in [0, 0.05) is 55.3 Å². The summed E-state index contributed by atoms with van der Waals surface area (Å²) in [7, 11) is 1.67. The van der Waals surface area contributed by atoms with E-state index in [4.69, 9.17) is 9.72 Å². The van der Waals surface area contributed by atoms with Crippen LogP contribution in [0.5, 0.6) is 5.75 Å². The van der Waals surface area contributed by atoms with Crippen molar-refractivity contribution < 1.29 is 19.7 Å². The Morgan fingerprint density at radius 1 is 0.979 bits per heavy atom. The maximum absolute atomic E-state index is 12.4. The predicted octanol–water partition coefficient (Wildman–Crippen LogP) is 5.24. The molecule has 6 rings (SSSR count). The molecule has 0 radical (unpaired) electrons. The number of fused-ring (bicyclic) bond motifs is 2. The normalized spacial score (nSPS) is 12.1. The van der Waals surface area contributed by atoms with E-state index in [1.807, 2.05) is 59.6 Å². The van der Waals surface area contributed by atoms with Crippen LogP contribution in [-0.4, -0.2) is 69.2 Å². The van der Waals surface area contributed by atoms with E-state index in [0.717, 1.165) is 61.5 Å². The van der Waals surface area contributed by atoms with Crippen LogP contribution in [0.2, 0.25) is 0 Å². The van der Waals surface area contributed by atoms with Gasteiger partial charge >= 0.3 is 0 Å². The molecule has 0 spiro atoms. The van der Waals surface area contributed by atoms with E-state index >= 15 is 0 Å². The third-order valence-corrected chi connectivity index (χ3v) is 8.43. The second kappa shape index (κ2) is 14.6. The lowest BCUT2D eigenvalue weighted by atomic mass is 10.0. The highest BCUT2D eigenvalue weighted by molar-refractivity contribution is 5.83. The van der Waals surface area contributed by atoms with E-state index in [0.29, 0.717) is 32.6 Å². The van der Waals surface area contributed by atoms with Gasteiger partial charge in [-0.3, -0.25) is 9.89 Å². The molecule has 2 aromatic heterocycles. The first-order valence-corrected chi connectivity index (χ1v) is 15.8. The van der Waals surface area contributed by atoms with Crippen LogP contribution in [0.3, 0.4) is 0 Å². The number of ketones is 1. The van der Waals surface area contributed by atoms with E-state index in [9.17, 15) is 15.0 Å². The zero-order chi connectivity index (χ0) is 32.8. The molecule has 10 heteroatoms. The molecule has 2 heterocycles. The van der Waals surface area contributed by atoms with Gasteiger partial charge in [-0.15, -0.1) is 0 Å². The number of carbonyl (C=O) groups excluding carboxylic acids is 1. The molecule has 0 aliphatic carbocycles. The van der Waals surface area contributed by atoms with Crippen molar-refractivity contribution in [1.82, 2.24) is 25.1 Å². The number of hydrogen-bond donors (Lipinski definition) is 4. The second-order valence-corrected chi connectivity index (χ2v) is 11.7.